The summed E-state index contributed by atoms with van der Waals surface area (Å²) in [5, 5.41) is 0. The highest BCUT2D eigenvalue weighted by Crippen LogP contribution is 2.24. The van der Waals surface area contributed by atoms with Gasteiger partial charge in [0.15, 0.2) is 0 Å². The Morgan fingerprint density at radius 2 is 1.00 bits per heavy atom. The van der Waals surface area contributed by atoms with Crippen LogP contribution < -0.4 is 9.47 Å². The molecule has 3 heterocycles. The zero-order chi connectivity index (χ0) is 18.3. The van der Waals surface area contributed by atoms with Gasteiger partial charge in [-0.1, -0.05) is 36.4 Å². The third kappa shape index (κ3) is 5.02. The highest BCUT2D eigenvalue weighted by Gasteiger charge is 2.16. The first-order chi connectivity index (χ1) is 13.4. The van der Waals surface area contributed by atoms with E-state index >= 15 is 0 Å². The Kier molecular flexibility index (Phi) is 6.28. The van der Waals surface area contributed by atoms with Gasteiger partial charge in [0.1, 0.15) is 11.5 Å². The minimum absolute atomic E-state index is 0.686. The molecule has 4 heteroatoms. The summed E-state index contributed by atoms with van der Waals surface area (Å²) < 4.78 is 12.2. The van der Waals surface area contributed by atoms with Crippen LogP contribution in [0.1, 0.15) is 30.4 Å². The first kappa shape index (κ1) is 18.3. The summed E-state index contributed by atoms with van der Waals surface area (Å²) in [4.78, 5) is 5.17. The lowest BCUT2D eigenvalue weighted by molar-refractivity contribution is 0.167. The molecule has 2 aromatic rings. The predicted molar refractivity (Wildman–Crippen MR) is 108 cm³/mol. The third-order valence-electron chi connectivity index (χ3n) is 5.43. The molecule has 0 amide bonds. The monoisotopic (exact) mass is 366 g/mol. The number of fused-ring (bicyclic) bond motifs is 8. The molecule has 0 unspecified atom stereocenters. The molecule has 1 saturated heterocycles. The molecule has 0 aromatic heterocycles. The van der Waals surface area contributed by atoms with E-state index in [0.717, 1.165) is 57.2 Å². The highest BCUT2D eigenvalue weighted by molar-refractivity contribution is 5.34. The Hall–Kier alpha value is -2.04. The molecule has 2 bridgehead atoms. The van der Waals surface area contributed by atoms with Crippen LogP contribution >= 0.6 is 0 Å². The van der Waals surface area contributed by atoms with Crippen LogP contribution in [-0.2, 0) is 13.1 Å². The molecule has 4 nitrogen and oxygen atoms in total. The Bertz CT molecular complexity index is 664. The summed E-state index contributed by atoms with van der Waals surface area (Å²) in [5.41, 5.74) is 2.60. The lowest BCUT2D eigenvalue weighted by atomic mass is 10.1. The Morgan fingerprint density at radius 1 is 0.556 bits per heavy atom. The minimum atomic E-state index is 0.686. The zero-order valence-electron chi connectivity index (χ0n) is 16.1. The first-order valence-electron chi connectivity index (χ1n) is 10.2. The maximum atomic E-state index is 6.10. The van der Waals surface area contributed by atoms with E-state index in [9.17, 15) is 0 Å². The predicted octanol–water partition coefficient (Wildman–Crippen LogP) is 3.95. The molecule has 144 valence electrons. The quantitative estimate of drug-likeness (QED) is 0.705. The van der Waals surface area contributed by atoms with Crippen LogP contribution in [-0.4, -0.2) is 49.2 Å². The van der Waals surface area contributed by atoms with E-state index < -0.39 is 0 Å². The largest absolute Gasteiger partial charge is 0.493 e. The molecule has 0 saturated carbocycles. The van der Waals surface area contributed by atoms with Crippen LogP contribution in [0.25, 0.3) is 0 Å². The van der Waals surface area contributed by atoms with Crippen LogP contribution in [0.15, 0.2) is 48.5 Å². The molecule has 1 fully saturated rings. The summed E-state index contributed by atoms with van der Waals surface area (Å²) in [6.45, 7) is 7.90. The van der Waals surface area contributed by atoms with Gasteiger partial charge < -0.3 is 9.47 Å². The first-order valence-corrected chi connectivity index (χ1v) is 10.2. The van der Waals surface area contributed by atoms with E-state index in [1.165, 1.54) is 24.0 Å². The fourth-order valence-corrected chi connectivity index (χ4v) is 4.03. The van der Waals surface area contributed by atoms with Gasteiger partial charge in [0.05, 0.1) is 13.2 Å². The summed E-state index contributed by atoms with van der Waals surface area (Å²) in [7, 11) is 0. The number of para-hydroxylation sites is 2. The number of ether oxygens (including phenoxy) is 2. The molecule has 5 rings (SSSR count). The van der Waals surface area contributed by atoms with Gasteiger partial charge in [-0.05, 0) is 51.2 Å². The van der Waals surface area contributed by atoms with Gasteiger partial charge in [0.2, 0.25) is 0 Å². The van der Waals surface area contributed by atoms with Gasteiger partial charge in [0.25, 0.3) is 0 Å². The van der Waals surface area contributed by atoms with E-state index in [2.05, 4.69) is 58.3 Å². The van der Waals surface area contributed by atoms with Gasteiger partial charge in [-0.15, -0.1) is 0 Å². The molecule has 0 atom stereocenters. The van der Waals surface area contributed by atoms with Gasteiger partial charge in [-0.2, -0.15) is 0 Å². The van der Waals surface area contributed by atoms with Crippen LogP contribution in [0.2, 0.25) is 0 Å². The van der Waals surface area contributed by atoms with Crippen molar-refractivity contribution in [2.24, 2.45) is 0 Å². The number of nitrogens with zero attached hydrogens (tertiary/aromatic N) is 2. The molecule has 3 aliphatic rings. The van der Waals surface area contributed by atoms with Crippen LogP contribution in [0.4, 0.5) is 0 Å². The minimum Gasteiger partial charge on any atom is -0.493 e. The summed E-state index contributed by atoms with van der Waals surface area (Å²) in [6.07, 6.45) is 3.29. The molecule has 0 spiro atoms. The van der Waals surface area contributed by atoms with Gasteiger partial charge in [0, 0.05) is 30.6 Å². The SMILES string of the molecule is c1ccc2c(c1)CN1CCCN(CCC1)Cc1ccccc1OCCCO2. The standard InChI is InChI=1S/C23H30N2O2/c1-3-10-22-20(8-1)18-24-12-5-14-25(15-6-13-24)19-21-9-2-4-11-23(21)27-17-7-16-26-22/h1-4,8-11H,5-7,12-19H2. The molecular formula is C23H30N2O2. The van der Waals surface area contributed by atoms with Gasteiger partial charge in [-0.25, -0.2) is 0 Å². The molecule has 0 N–H and O–H groups in total. The topological polar surface area (TPSA) is 24.9 Å². The van der Waals surface area contributed by atoms with E-state index in [1.807, 2.05) is 0 Å². The van der Waals surface area contributed by atoms with Gasteiger partial charge in [-0.3, -0.25) is 9.80 Å². The van der Waals surface area contributed by atoms with Crippen molar-refractivity contribution in [1.82, 2.24) is 9.80 Å². The second-order valence-electron chi connectivity index (χ2n) is 7.53. The molecule has 0 radical (unpaired) electrons. The van der Waals surface area contributed by atoms with Crippen molar-refractivity contribution < 1.29 is 9.47 Å². The molecule has 3 aliphatic heterocycles. The second-order valence-corrected chi connectivity index (χ2v) is 7.53. The van der Waals surface area contributed by atoms with Crippen LogP contribution in [0, 0.1) is 0 Å². The molecule has 2 aromatic carbocycles. The van der Waals surface area contributed by atoms with Crippen molar-refractivity contribution >= 4 is 0 Å². The molecular weight excluding hydrogens is 336 g/mol. The summed E-state index contributed by atoms with van der Waals surface area (Å²) >= 11 is 0. The lowest BCUT2D eigenvalue weighted by Crippen LogP contribution is -2.36. The average Bonchev–Trinajstić information content (AvgIpc) is 2.66. The normalized spacial score (nSPS) is 24.0. The van der Waals surface area contributed by atoms with Crippen molar-refractivity contribution in [1.29, 1.82) is 0 Å². The van der Waals surface area contributed by atoms with Gasteiger partial charge >= 0.3 is 0 Å². The van der Waals surface area contributed by atoms with Crippen molar-refractivity contribution in [2.75, 3.05) is 39.4 Å². The van der Waals surface area contributed by atoms with Crippen molar-refractivity contribution in [3.63, 3.8) is 0 Å². The number of hydrogen-bond donors (Lipinski definition) is 0. The lowest BCUT2D eigenvalue weighted by Gasteiger charge is -2.31. The van der Waals surface area contributed by atoms with Crippen molar-refractivity contribution in [2.45, 2.75) is 32.4 Å². The molecule has 27 heavy (non-hydrogen) atoms. The number of rotatable bonds is 0. The van der Waals surface area contributed by atoms with Crippen molar-refractivity contribution in [3.05, 3.63) is 59.7 Å². The fourth-order valence-electron chi connectivity index (χ4n) is 4.03. The second kappa shape index (κ2) is 9.25. The Morgan fingerprint density at radius 3 is 1.48 bits per heavy atom. The summed E-state index contributed by atoms with van der Waals surface area (Å²) in [5.74, 6) is 2.04. The van der Waals surface area contributed by atoms with Crippen LogP contribution in [0.3, 0.4) is 0 Å². The Balaban J connectivity index is 1.54. The van der Waals surface area contributed by atoms with E-state index in [4.69, 9.17) is 9.47 Å². The fraction of sp³-hybridized carbons (Fsp3) is 0.478. The highest BCUT2D eigenvalue weighted by atomic mass is 16.5. The average molecular weight is 367 g/mol. The Labute approximate surface area is 162 Å². The third-order valence-corrected chi connectivity index (χ3v) is 5.43. The smallest absolute Gasteiger partial charge is 0.123 e. The zero-order valence-corrected chi connectivity index (χ0v) is 16.1. The molecule has 0 aliphatic carbocycles. The number of benzene rings is 2. The van der Waals surface area contributed by atoms with Crippen LogP contribution in [0.5, 0.6) is 11.5 Å². The maximum absolute atomic E-state index is 6.10. The summed E-state index contributed by atoms with van der Waals surface area (Å²) in [6, 6.07) is 17.0. The van der Waals surface area contributed by atoms with E-state index in [-0.39, 0.29) is 0 Å². The van der Waals surface area contributed by atoms with E-state index in [0.29, 0.717) is 13.2 Å². The van der Waals surface area contributed by atoms with Crippen molar-refractivity contribution in [3.8, 4) is 11.5 Å². The maximum Gasteiger partial charge on any atom is 0.123 e. The van der Waals surface area contributed by atoms with E-state index in [1.54, 1.807) is 0 Å². The number of hydrogen-bond acceptors (Lipinski definition) is 4.